The van der Waals surface area contributed by atoms with Crippen molar-refractivity contribution in [2.24, 2.45) is 0 Å². The fourth-order valence-electron chi connectivity index (χ4n) is 1.90. The summed E-state index contributed by atoms with van der Waals surface area (Å²) in [6, 6.07) is 7.20. The minimum atomic E-state index is -0.194. The first-order chi connectivity index (χ1) is 8.24. The summed E-state index contributed by atoms with van der Waals surface area (Å²) in [5.74, 6) is 0.821. The highest BCUT2D eigenvalue weighted by atomic mass is 16.5. The van der Waals surface area contributed by atoms with E-state index in [2.05, 4.69) is 0 Å². The molecule has 0 saturated heterocycles. The van der Waals surface area contributed by atoms with Crippen LogP contribution in [0.5, 0.6) is 23.0 Å². The largest absolute Gasteiger partial charge is 0.492 e. The van der Waals surface area contributed by atoms with Crippen LogP contribution in [-0.2, 0) is 5.11 Å². The topological polar surface area (TPSA) is 47.6 Å². The van der Waals surface area contributed by atoms with Crippen LogP contribution in [-0.4, -0.2) is 21.3 Å². The number of fused-ring (bicyclic) bond motifs is 1. The average molecular weight is 233 g/mol. The fraction of sp³-hybridized carbons (Fsp3) is 0.231. The smallest absolute Gasteiger partial charge is 0.232 e. The molecule has 0 aliphatic carbocycles. The van der Waals surface area contributed by atoms with Crippen molar-refractivity contribution in [3.63, 3.8) is 0 Å². The van der Waals surface area contributed by atoms with Crippen LogP contribution < -0.4 is 14.2 Å². The summed E-state index contributed by atoms with van der Waals surface area (Å²) in [5, 5.41) is 13.4. The zero-order valence-corrected chi connectivity index (χ0v) is 9.94. The third kappa shape index (κ3) is 1.62. The van der Waals surface area contributed by atoms with Gasteiger partial charge in [-0.15, -0.1) is 0 Å². The van der Waals surface area contributed by atoms with E-state index in [9.17, 15) is 5.11 Å². The summed E-state index contributed by atoms with van der Waals surface area (Å²) in [7, 11) is 4.45. The molecular formula is C13H13O4. The van der Waals surface area contributed by atoms with Gasteiger partial charge in [0.15, 0.2) is 5.75 Å². The molecule has 0 amide bonds. The lowest BCUT2D eigenvalue weighted by Gasteiger charge is -2.15. The van der Waals surface area contributed by atoms with Crippen molar-refractivity contribution in [2.75, 3.05) is 21.3 Å². The predicted molar refractivity (Wildman–Crippen MR) is 63.7 cm³/mol. The first-order valence-electron chi connectivity index (χ1n) is 5.12. The number of ether oxygens (including phenoxy) is 3. The predicted octanol–water partition coefficient (Wildman–Crippen LogP) is 3.01. The fourth-order valence-corrected chi connectivity index (χ4v) is 1.90. The van der Waals surface area contributed by atoms with Crippen molar-refractivity contribution in [2.45, 2.75) is 0 Å². The zero-order chi connectivity index (χ0) is 12.4. The molecule has 2 rings (SSSR count). The number of benzene rings is 2. The molecule has 0 atom stereocenters. The lowest BCUT2D eigenvalue weighted by atomic mass is 10.1. The normalized spacial score (nSPS) is 10.3. The Morgan fingerprint density at radius 3 is 1.82 bits per heavy atom. The third-order valence-corrected chi connectivity index (χ3v) is 2.65. The van der Waals surface area contributed by atoms with E-state index in [1.807, 2.05) is 12.1 Å². The van der Waals surface area contributed by atoms with Gasteiger partial charge in [0.2, 0.25) is 17.2 Å². The highest BCUT2D eigenvalue weighted by molar-refractivity contribution is 5.98. The maximum absolute atomic E-state index is 12.1. The molecule has 0 unspecified atom stereocenters. The zero-order valence-electron chi connectivity index (χ0n) is 9.94. The minimum Gasteiger partial charge on any atom is -0.492 e. The molecule has 89 valence electrons. The van der Waals surface area contributed by atoms with Crippen LogP contribution in [0.15, 0.2) is 24.3 Å². The highest BCUT2D eigenvalue weighted by Gasteiger charge is 2.22. The van der Waals surface area contributed by atoms with Gasteiger partial charge in [-0.05, 0) is 0 Å². The Balaban J connectivity index is 2.93. The molecule has 0 heterocycles. The highest BCUT2D eigenvalue weighted by Crippen LogP contribution is 2.50. The maximum atomic E-state index is 12.1. The molecule has 4 nitrogen and oxygen atoms in total. The van der Waals surface area contributed by atoms with Crippen LogP contribution in [0.25, 0.3) is 10.8 Å². The first kappa shape index (κ1) is 11.4. The van der Waals surface area contributed by atoms with Gasteiger partial charge in [-0.2, -0.15) is 0 Å². The Labute approximate surface area is 99.3 Å². The van der Waals surface area contributed by atoms with E-state index in [-0.39, 0.29) is 11.5 Å². The molecule has 0 N–H and O–H groups in total. The molecule has 0 bridgehead atoms. The van der Waals surface area contributed by atoms with Crippen LogP contribution in [0.1, 0.15) is 0 Å². The van der Waals surface area contributed by atoms with Gasteiger partial charge >= 0.3 is 0 Å². The molecule has 0 saturated carbocycles. The second-order valence-electron chi connectivity index (χ2n) is 3.47. The van der Waals surface area contributed by atoms with Gasteiger partial charge in [-0.3, -0.25) is 5.11 Å². The van der Waals surface area contributed by atoms with Gasteiger partial charge in [0.05, 0.1) is 21.3 Å². The average Bonchev–Trinajstić information content (AvgIpc) is 2.38. The van der Waals surface area contributed by atoms with E-state index in [4.69, 9.17) is 14.2 Å². The van der Waals surface area contributed by atoms with Crippen molar-refractivity contribution in [1.82, 2.24) is 0 Å². The molecule has 0 aliphatic rings. The van der Waals surface area contributed by atoms with Gasteiger partial charge in [0.25, 0.3) is 0 Å². The molecular weight excluding hydrogens is 220 g/mol. The third-order valence-electron chi connectivity index (χ3n) is 2.65. The van der Waals surface area contributed by atoms with E-state index >= 15 is 0 Å². The number of rotatable bonds is 3. The van der Waals surface area contributed by atoms with Gasteiger partial charge in [-0.25, -0.2) is 0 Å². The van der Waals surface area contributed by atoms with Crippen molar-refractivity contribution >= 4 is 10.8 Å². The Morgan fingerprint density at radius 2 is 1.29 bits per heavy atom. The lowest BCUT2D eigenvalue weighted by molar-refractivity contribution is 0.292. The summed E-state index contributed by atoms with van der Waals surface area (Å²) in [6.45, 7) is 0. The van der Waals surface area contributed by atoms with Crippen LogP contribution >= 0.6 is 0 Å². The van der Waals surface area contributed by atoms with Crippen molar-refractivity contribution in [3.8, 4) is 23.0 Å². The van der Waals surface area contributed by atoms with Crippen molar-refractivity contribution in [3.05, 3.63) is 24.3 Å². The molecule has 17 heavy (non-hydrogen) atoms. The second-order valence-corrected chi connectivity index (χ2v) is 3.47. The molecule has 2 aromatic carbocycles. The minimum absolute atomic E-state index is 0.169. The van der Waals surface area contributed by atoms with Crippen molar-refractivity contribution in [1.29, 1.82) is 0 Å². The van der Waals surface area contributed by atoms with Crippen LogP contribution in [0.3, 0.4) is 0 Å². The summed E-state index contributed by atoms with van der Waals surface area (Å²) >= 11 is 0. The molecule has 0 aromatic heterocycles. The first-order valence-corrected chi connectivity index (χ1v) is 5.12. The Bertz CT molecular complexity index is 549. The summed E-state index contributed by atoms with van der Waals surface area (Å²) < 4.78 is 15.6. The number of hydrogen-bond donors (Lipinski definition) is 0. The van der Waals surface area contributed by atoms with E-state index in [0.29, 0.717) is 16.9 Å². The van der Waals surface area contributed by atoms with E-state index in [0.717, 1.165) is 5.39 Å². The molecule has 4 heteroatoms. The maximum Gasteiger partial charge on any atom is 0.232 e. The molecule has 1 radical (unpaired) electrons. The van der Waals surface area contributed by atoms with Crippen LogP contribution in [0.4, 0.5) is 0 Å². The number of methoxy groups -OCH3 is 3. The van der Waals surface area contributed by atoms with Gasteiger partial charge in [0.1, 0.15) is 0 Å². The van der Waals surface area contributed by atoms with Crippen molar-refractivity contribution < 1.29 is 19.3 Å². The molecule has 0 spiro atoms. The SMILES string of the molecule is COc1c(OC)c(OC)c2ccccc2c1[O]. The monoisotopic (exact) mass is 233 g/mol. The van der Waals surface area contributed by atoms with E-state index < -0.39 is 0 Å². The summed E-state index contributed by atoms with van der Waals surface area (Å²) in [5.41, 5.74) is 0. The number of hydrogen-bond acceptors (Lipinski definition) is 3. The van der Waals surface area contributed by atoms with Crippen LogP contribution in [0.2, 0.25) is 0 Å². The molecule has 2 aromatic rings. The lowest BCUT2D eigenvalue weighted by Crippen LogP contribution is -1.96. The molecule has 0 fully saturated rings. The Morgan fingerprint density at radius 1 is 0.765 bits per heavy atom. The second kappa shape index (κ2) is 4.41. The van der Waals surface area contributed by atoms with Gasteiger partial charge in [0, 0.05) is 10.8 Å². The van der Waals surface area contributed by atoms with Gasteiger partial charge in [-0.1, -0.05) is 24.3 Å². The standard InChI is InChI=1S/C13H13O4/c1-15-11-9-7-5-4-6-8(9)10(14)12(16-2)13(11)17-3/h4-7H,1-3H3. The van der Waals surface area contributed by atoms with Crippen LogP contribution in [0, 0.1) is 0 Å². The van der Waals surface area contributed by atoms with E-state index in [1.54, 1.807) is 12.1 Å². The Kier molecular flexibility index (Phi) is 2.95. The van der Waals surface area contributed by atoms with E-state index in [1.165, 1.54) is 21.3 Å². The molecule has 0 aliphatic heterocycles. The van der Waals surface area contributed by atoms with Gasteiger partial charge < -0.3 is 14.2 Å². The summed E-state index contributed by atoms with van der Waals surface area (Å²) in [4.78, 5) is 0. The summed E-state index contributed by atoms with van der Waals surface area (Å²) in [6.07, 6.45) is 0. The quantitative estimate of drug-likeness (QED) is 0.818. The Hall–Kier alpha value is -2.10.